The minimum atomic E-state index is -4.64. The summed E-state index contributed by atoms with van der Waals surface area (Å²) in [7, 11) is 2.23. The molecule has 23 heavy (non-hydrogen) atoms. The van der Waals surface area contributed by atoms with E-state index in [-0.39, 0.29) is 0 Å². The van der Waals surface area contributed by atoms with Crippen LogP contribution in [-0.2, 0) is 4.57 Å². The smallest absolute Gasteiger partial charge is 0.331 e. The minimum Gasteiger partial charge on any atom is -0.331 e. The molecule has 5 nitrogen and oxygen atoms in total. The van der Waals surface area contributed by atoms with Gasteiger partial charge in [0.1, 0.15) is 0 Å². The first-order chi connectivity index (χ1) is 10.6. The lowest BCUT2D eigenvalue weighted by molar-refractivity contribution is -0.870. The van der Waals surface area contributed by atoms with Crippen LogP contribution in [0.15, 0.2) is 0 Å². The SMILES string of the molecule is CCCCCCCCCCCCCC[N+](C)(C)C.O=P(O)(O)O. The van der Waals surface area contributed by atoms with Crippen LogP contribution < -0.4 is 0 Å². The summed E-state index contributed by atoms with van der Waals surface area (Å²) in [6, 6.07) is 0. The fourth-order valence-corrected chi connectivity index (χ4v) is 2.43. The summed E-state index contributed by atoms with van der Waals surface area (Å²) in [6.07, 6.45) is 17.4. The lowest BCUT2D eigenvalue weighted by atomic mass is 10.1. The van der Waals surface area contributed by atoms with E-state index in [1.54, 1.807) is 0 Å². The largest absolute Gasteiger partial charge is 0.466 e. The topological polar surface area (TPSA) is 77.8 Å². The van der Waals surface area contributed by atoms with Crippen molar-refractivity contribution in [1.29, 1.82) is 0 Å². The van der Waals surface area contributed by atoms with Crippen molar-refractivity contribution in [3.05, 3.63) is 0 Å². The van der Waals surface area contributed by atoms with Crippen LogP contribution in [0.25, 0.3) is 0 Å². The summed E-state index contributed by atoms with van der Waals surface area (Å²) in [4.78, 5) is 21.6. The molecule has 0 aliphatic heterocycles. The van der Waals surface area contributed by atoms with Crippen molar-refractivity contribution in [3.8, 4) is 0 Å². The van der Waals surface area contributed by atoms with E-state index in [0.29, 0.717) is 0 Å². The fraction of sp³-hybridized carbons (Fsp3) is 1.00. The van der Waals surface area contributed by atoms with Crippen LogP contribution in [0, 0.1) is 0 Å². The Bertz CT molecular complexity index is 279. The molecule has 0 saturated carbocycles. The molecule has 0 unspecified atom stereocenters. The van der Waals surface area contributed by atoms with Gasteiger partial charge in [-0.3, -0.25) is 0 Å². The van der Waals surface area contributed by atoms with E-state index >= 15 is 0 Å². The average molecular weight is 354 g/mol. The molecule has 0 saturated heterocycles. The molecule has 0 spiro atoms. The maximum absolute atomic E-state index is 8.88. The van der Waals surface area contributed by atoms with E-state index in [1.807, 2.05) is 0 Å². The Labute approximate surface area is 143 Å². The van der Waals surface area contributed by atoms with Gasteiger partial charge in [-0.15, -0.1) is 0 Å². The number of quaternary nitrogens is 1. The van der Waals surface area contributed by atoms with Crippen LogP contribution in [-0.4, -0.2) is 46.9 Å². The second-order valence-corrected chi connectivity index (χ2v) is 8.44. The van der Waals surface area contributed by atoms with Crippen molar-refractivity contribution in [2.45, 2.75) is 84.0 Å². The predicted octanol–water partition coefficient (Wildman–Crippen LogP) is 4.47. The van der Waals surface area contributed by atoms with Crippen LogP contribution in [0.5, 0.6) is 0 Å². The number of rotatable bonds is 13. The summed E-state index contributed by atoms with van der Waals surface area (Å²) in [5.41, 5.74) is 0. The molecule has 3 N–H and O–H groups in total. The van der Waals surface area contributed by atoms with Crippen molar-refractivity contribution >= 4 is 7.82 Å². The zero-order chi connectivity index (χ0) is 18.2. The van der Waals surface area contributed by atoms with Gasteiger partial charge in [0, 0.05) is 0 Å². The number of hydrogen-bond acceptors (Lipinski definition) is 1. The lowest BCUT2D eigenvalue weighted by Gasteiger charge is -2.23. The summed E-state index contributed by atoms with van der Waals surface area (Å²) in [6.45, 7) is 3.62. The molecule has 0 fully saturated rings. The first kappa shape index (κ1) is 25.3. The highest BCUT2D eigenvalue weighted by Crippen LogP contribution is 2.25. The van der Waals surface area contributed by atoms with Crippen molar-refractivity contribution in [2.75, 3.05) is 27.7 Å². The standard InChI is InChI=1S/C17H38N.H3O4P/c1-5-6-7-8-9-10-11-12-13-14-15-16-17-18(2,3)4;1-5(2,3)4/h5-17H2,1-4H3;(H3,1,2,3,4)/q+1;. The molecular formula is C17H41NO4P+. The summed E-state index contributed by atoms with van der Waals surface area (Å²) in [5.74, 6) is 0. The molecule has 0 bridgehead atoms. The van der Waals surface area contributed by atoms with Gasteiger partial charge in [0.25, 0.3) is 0 Å². The Morgan fingerprint density at radius 2 is 0.913 bits per heavy atom. The Morgan fingerprint density at radius 1 is 0.652 bits per heavy atom. The van der Waals surface area contributed by atoms with Gasteiger partial charge in [-0.25, -0.2) is 4.57 Å². The lowest BCUT2D eigenvalue weighted by Crippen LogP contribution is -2.35. The highest BCUT2D eigenvalue weighted by Gasteiger charge is 2.04. The molecule has 0 radical (unpaired) electrons. The first-order valence-electron chi connectivity index (χ1n) is 9.15. The normalized spacial score (nSPS) is 12.0. The van der Waals surface area contributed by atoms with E-state index in [0.717, 1.165) is 4.48 Å². The van der Waals surface area contributed by atoms with Gasteiger partial charge in [0.05, 0.1) is 27.7 Å². The quantitative estimate of drug-likeness (QED) is 0.259. The molecule has 0 aliphatic carbocycles. The number of unbranched alkanes of at least 4 members (excludes halogenated alkanes) is 11. The second-order valence-electron chi connectivity index (χ2n) is 7.42. The van der Waals surface area contributed by atoms with E-state index < -0.39 is 7.82 Å². The van der Waals surface area contributed by atoms with E-state index in [1.165, 1.54) is 83.6 Å². The average Bonchev–Trinajstić information content (AvgIpc) is 2.37. The Hall–Kier alpha value is 0.0700. The Morgan fingerprint density at radius 3 is 1.17 bits per heavy atom. The maximum atomic E-state index is 8.88. The molecule has 142 valence electrons. The fourth-order valence-electron chi connectivity index (χ4n) is 2.43. The van der Waals surface area contributed by atoms with Gasteiger partial charge < -0.3 is 19.2 Å². The molecule has 0 rings (SSSR count). The van der Waals surface area contributed by atoms with Crippen LogP contribution >= 0.6 is 7.82 Å². The van der Waals surface area contributed by atoms with E-state index in [2.05, 4.69) is 28.1 Å². The first-order valence-corrected chi connectivity index (χ1v) is 10.7. The monoisotopic (exact) mass is 354 g/mol. The Kier molecular flexibility index (Phi) is 17.2. The van der Waals surface area contributed by atoms with Gasteiger partial charge in [-0.1, -0.05) is 71.1 Å². The van der Waals surface area contributed by atoms with Crippen LogP contribution in [0.3, 0.4) is 0 Å². The summed E-state index contributed by atoms with van der Waals surface area (Å²) < 4.78 is 10.0. The third-order valence-electron chi connectivity index (χ3n) is 3.68. The zero-order valence-corrected chi connectivity index (χ0v) is 16.7. The minimum absolute atomic E-state index is 1.12. The Balaban J connectivity index is 0. The highest BCUT2D eigenvalue weighted by atomic mass is 31.2. The van der Waals surface area contributed by atoms with Crippen LogP contribution in [0.2, 0.25) is 0 Å². The van der Waals surface area contributed by atoms with Crippen molar-refractivity contribution in [3.63, 3.8) is 0 Å². The van der Waals surface area contributed by atoms with Gasteiger partial charge in [-0.05, 0) is 12.8 Å². The van der Waals surface area contributed by atoms with E-state index in [4.69, 9.17) is 19.2 Å². The highest BCUT2D eigenvalue weighted by molar-refractivity contribution is 7.45. The third kappa shape index (κ3) is 39.1. The second kappa shape index (κ2) is 15.6. The number of nitrogens with zero attached hydrogens (tertiary/aromatic N) is 1. The predicted molar refractivity (Wildman–Crippen MR) is 98.2 cm³/mol. The van der Waals surface area contributed by atoms with Gasteiger partial charge in [0.15, 0.2) is 0 Å². The molecule has 0 amide bonds. The molecular weight excluding hydrogens is 313 g/mol. The van der Waals surface area contributed by atoms with Gasteiger partial charge in [0.2, 0.25) is 0 Å². The van der Waals surface area contributed by atoms with Crippen molar-refractivity contribution in [2.24, 2.45) is 0 Å². The van der Waals surface area contributed by atoms with E-state index in [9.17, 15) is 0 Å². The van der Waals surface area contributed by atoms with Crippen molar-refractivity contribution in [1.82, 2.24) is 0 Å². The summed E-state index contributed by atoms with van der Waals surface area (Å²) in [5, 5.41) is 0. The maximum Gasteiger partial charge on any atom is 0.466 e. The van der Waals surface area contributed by atoms with Gasteiger partial charge >= 0.3 is 7.82 Å². The van der Waals surface area contributed by atoms with Crippen LogP contribution in [0.4, 0.5) is 0 Å². The zero-order valence-electron chi connectivity index (χ0n) is 15.8. The van der Waals surface area contributed by atoms with Crippen LogP contribution in [0.1, 0.15) is 84.0 Å². The number of hydrogen-bond donors (Lipinski definition) is 3. The van der Waals surface area contributed by atoms with Crippen molar-refractivity contribution < 1.29 is 23.7 Å². The molecule has 0 atom stereocenters. The molecule has 0 aromatic rings. The molecule has 0 aromatic carbocycles. The molecule has 0 heterocycles. The summed E-state index contributed by atoms with van der Waals surface area (Å²) >= 11 is 0. The molecule has 0 aliphatic rings. The van der Waals surface area contributed by atoms with Gasteiger partial charge in [-0.2, -0.15) is 0 Å². The number of phosphoric acid groups is 1. The third-order valence-corrected chi connectivity index (χ3v) is 3.68. The molecule has 6 heteroatoms. The molecule has 0 aromatic heterocycles.